The van der Waals surface area contributed by atoms with Gasteiger partial charge in [-0.25, -0.2) is 9.13 Å². The average Bonchev–Trinajstić information content (AvgIpc) is 3.02. The van der Waals surface area contributed by atoms with Crippen LogP contribution in [0, 0.1) is 10.1 Å². The highest BCUT2D eigenvalue weighted by molar-refractivity contribution is 6.26. The van der Waals surface area contributed by atoms with Gasteiger partial charge in [-0.15, -0.1) is 0 Å². The van der Waals surface area contributed by atoms with Gasteiger partial charge in [0, 0.05) is 17.2 Å². The number of nitro benzene ring substituents is 1. The first kappa shape index (κ1) is 17.5. The number of hydrogen-bond donors (Lipinski definition) is 0. The fourth-order valence-electron chi connectivity index (χ4n) is 3.50. The molecule has 0 bridgehead atoms. The van der Waals surface area contributed by atoms with Crippen molar-refractivity contribution in [2.45, 2.75) is 6.54 Å². The van der Waals surface area contributed by atoms with E-state index in [0.717, 1.165) is 0 Å². The molecule has 0 unspecified atom stereocenters. The number of fused-ring (bicyclic) bond motifs is 2. The number of carbonyl (C=O) groups is 3. The zero-order valence-corrected chi connectivity index (χ0v) is 14.8. The zero-order valence-electron chi connectivity index (χ0n) is 14.8. The molecule has 0 N–H and O–H groups in total. The van der Waals surface area contributed by atoms with Crippen LogP contribution in [0.2, 0.25) is 0 Å². The predicted molar refractivity (Wildman–Crippen MR) is 96.3 cm³/mol. The first-order valence-electron chi connectivity index (χ1n) is 8.44. The molecule has 2 aromatic carbocycles. The number of para-hydroxylation sites is 1. The molecule has 3 aromatic rings. The predicted octanol–water partition coefficient (Wildman–Crippen LogP) is 1.88. The molecular formula is C20H14N3O5+. The van der Waals surface area contributed by atoms with E-state index in [1.165, 1.54) is 39.7 Å². The van der Waals surface area contributed by atoms with E-state index in [1.54, 1.807) is 31.3 Å². The first-order chi connectivity index (χ1) is 13.4. The fraction of sp³-hybridized carbons (Fsp3) is 0.100. The second-order valence-electron chi connectivity index (χ2n) is 6.45. The lowest BCUT2D eigenvalue weighted by atomic mass is 9.90. The lowest BCUT2D eigenvalue weighted by molar-refractivity contribution is -0.672. The Labute approximate surface area is 158 Å². The van der Waals surface area contributed by atoms with Crippen molar-refractivity contribution in [3.63, 3.8) is 0 Å². The van der Waals surface area contributed by atoms with Gasteiger partial charge in [-0.2, -0.15) is 0 Å². The Morgan fingerprint density at radius 1 is 1.04 bits per heavy atom. The second-order valence-corrected chi connectivity index (χ2v) is 6.45. The van der Waals surface area contributed by atoms with E-state index in [2.05, 4.69) is 0 Å². The summed E-state index contributed by atoms with van der Waals surface area (Å²) in [4.78, 5) is 49.1. The van der Waals surface area contributed by atoms with Crippen LogP contribution in [0.1, 0.15) is 42.5 Å². The topological polar surface area (TPSA) is 103 Å². The van der Waals surface area contributed by atoms with Crippen molar-refractivity contribution >= 4 is 23.0 Å². The lowest BCUT2D eigenvalue weighted by Crippen LogP contribution is -2.36. The molecule has 28 heavy (non-hydrogen) atoms. The quantitative estimate of drug-likeness (QED) is 0.234. The maximum absolute atomic E-state index is 13.0. The summed E-state index contributed by atoms with van der Waals surface area (Å²) in [6.07, 6.45) is 1.49. The Morgan fingerprint density at radius 3 is 2.32 bits per heavy atom. The van der Waals surface area contributed by atoms with Crippen LogP contribution in [-0.4, -0.2) is 26.8 Å². The van der Waals surface area contributed by atoms with Gasteiger partial charge in [0.1, 0.15) is 0 Å². The molecule has 0 saturated heterocycles. The molecule has 0 aliphatic heterocycles. The van der Waals surface area contributed by atoms with Crippen LogP contribution < -0.4 is 4.57 Å². The highest BCUT2D eigenvalue weighted by Crippen LogP contribution is 2.26. The summed E-state index contributed by atoms with van der Waals surface area (Å²) in [7, 11) is 1.61. The molecule has 1 aromatic heterocycles. The largest absolute Gasteiger partial charge is 0.289 e. The molecule has 0 radical (unpaired) electrons. The van der Waals surface area contributed by atoms with Gasteiger partial charge >= 0.3 is 0 Å². The van der Waals surface area contributed by atoms with Crippen LogP contribution >= 0.6 is 0 Å². The normalized spacial score (nSPS) is 12.5. The lowest BCUT2D eigenvalue weighted by Gasteiger charge is -2.12. The van der Waals surface area contributed by atoms with Crippen molar-refractivity contribution in [3.05, 3.63) is 93.1 Å². The van der Waals surface area contributed by atoms with Crippen molar-refractivity contribution in [2.75, 3.05) is 0 Å². The third-order valence-corrected chi connectivity index (χ3v) is 4.74. The van der Waals surface area contributed by atoms with E-state index in [0.29, 0.717) is 5.56 Å². The van der Waals surface area contributed by atoms with Gasteiger partial charge in [-0.05, 0) is 6.07 Å². The molecule has 1 aliphatic rings. The van der Waals surface area contributed by atoms with Crippen molar-refractivity contribution in [1.82, 2.24) is 4.57 Å². The highest BCUT2D eigenvalue weighted by atomic mass is 16.6. The Kier molecular flexibility index (Phi) is 3.96. The summed E-state index contributed by atoms with van der Waals surface area (Å²) in [5.74, 6) is -1.18. The summed E-state index contributed by atoms with van der Waals surface area (Å²) in [6, 6.07) is 12.2. The van der Waals surface area contributed by atoms with Gasteiger partial charge in [0.15, 0.2) is 6.54 Å². The smallest absolute Gasteiger partial charge is 0.280 e. The molecule has 0 saturated carbocycles. The maximum atomic E-state index is 13.0. The molecule has 0 spiro atoms. The zero-order chi connectivity index (χ0) is 20.0. The number of Topliss-reactive ketones (excluding diaryl/α,β-unsaturated/α-hetero) is 1. The highest BCUT2D eigenvalue weighted by Gasteiger charge is 2.40. The molecule has 138 valence electrons. The van der Waals surface area contributed by atoms with Crippen LogP contribution in [-0.2, 0) is 13.6 Å². The van der Waals surface area contributed by atoms with Crippen molar-refractivity contribution in [3.8, 4) is 0 Å². The van der Waals surface area contributed by atoms with E-state index in [-0.39, 0.29) is 46.3 Å². The molecule has 8 heteroatoms. The molecule has 0 amide bonds. The summed E-state index contributed by atoms with van der Waals surface area (Å²) < 4.78 is 2.88. The minimum absolute atomic E-state index is 0.0485. The minimum atomic E-state index is -0.622. The van der Waals surface area contributed by atoms with E-state index < -0.39 is 10.7 Å². The standard InChI is InChI=1S/C20H14N3O5/c1-21-11-22(10-16(24)14-8-4-5-9-15(14)23(27)28)18-17(21)19(25)12-6-2-3-7-13(12)20(18)26/h2-9,11H,10H2,1H3/q+1. The van der Waals surface area contributed by atoms with Gasteiger partial charge in [0.05, 0.1) is 17.5 Å². The van der Waals surface area contributed by atoms with Crippen molar-refractivity contribution < 1.29 is 23.9 Å². The molecule has 0 atom stereocenters. The number of benzene rings is 2. The van der Waals surface area contributed by atoms with Gasteiger partial charge in [-0.1, -0.05) is 36.4 Å². The van der Waals surface area contributed by atoms with Crippen LogP contribution in [0.5, 0.6) is 0 Å². The Balaban J connectivity index is 1.78. The van der Waals surface area contributed by atoms with E-state index >= 15 is 0 Å². The Hall–Kier alpha value is -3.94. The molecule has 0 fully saturated rings. The monoisotopic (exact) mass is 376 g/mol. The van der Waals surface area contributed by atoms with Crippen molar-refractivity contribution in [1.29, 1.82) is 0 Å². The van der Waals surface area contributed by atoms with Crippen LogP contribution in [0.3, 0.4) is 0 Å². The number of aryl methyl sites for hydroxylation is 1. The summed E-state index contributed by atoms with van der Waals surface area (Å²) in [5.41, 5.74) is 0.548. The van der Waals surface area contributed by atoms with E-state index in [9.17, 15) is 24.5 Å². The number of aromatic nitrogens is 2. The fourth-order valence-corrected chi connectivity index (χ4v) is 3.50. The summed E-state index contributed by atoms with van der Waals surface area (Å²) in [6.45, 7) is -0.296. The first-order valence-corrected chi connectivity index (χ1v) is 8.44. The SMILES string of the molecule is C[n+]1cn(CC(=O)c2ccccc2[N+](=O)[O-])c2c1C(=O)c1ccccc1C2=O. The maximum Gasteiger partial charge on any atom is 0.280 e. The van der Waals surface area contributed by atoms with Gasteiger partial charge in [0.2, 0.25) is 35.1 Å². The van der Waals surface area contributed by atoms with Crippen LogP contribution in [0.25, 0.3) is 0 Å². The average molecular weight is 376 g/mol. The number of hydrogen-bond acceptors (Lipinski definition) is 5. The summed E-state index contributed by atoms with van der Waals surface area (Å²) >= 11 is 0. The van der Waals surface area contributed by atoms with Crippen LogP contribution in [0.15, 0.2) is 54.9 Å². The van der Waals surface area contributed by atoms with Gasteiger partial charge in [0.25, 0.3) is 5.69 Å². The van der Waals surface area contributed by atoms with Crippen LogP contribution in [0.4, 0.5) is 5.69 Å². The van der Waals surface area contributed by atoms with E-state index in [4.69, 9.17) is 0 Å². The third-order valence-electron chi connectivity index (χ3n) is 4.74. The number of rotatable bonds is 4. The molecule has 1 heterocycles. The minimum Gasteiger partial charge on any atom is -0.289 e. The van der Waals surface area contributed by atoms with Crippen molar-refractivity contribution in [2.24, 2.45) is 7.05 Å². The Morgan fingerprint density at radius 2 is 1.64 bits per heavy atom. The van der Waals surface area contributed by atoms with Gasteiger partial charge in [-0.3, -0.25) is 24.5 Å². The van der Waals surface area contributed by atoms with Gasteiger partial charge < -0.3 is 0 Å². The molecular weight excluding hydrogens is 362 g/mol. The third kappa shape index (κ3) is 2.54. The Bertz CT molecular complexity index is 1190. The number of imidazole rings is 1. The molecule has 4 rings (SSSR count). The summed E-state index contributed by atoms with van der Waals surface area (Å²) in [5, 5.41) is 11.2. The number of nitrogens with zero attached hydrogens (tertiary/aromatic N) is 3. The molecule has 1 aliphatic carbocycles. The number of nitro groups is 1. The molecule has 8 nitrogen and oxygen atoms in total. The number of carbonyl (C=O) groups excluding carboxylic acids is 3. The number of ketones is 3. The second kappa shape index (κ2) is 6.34. The van der Waals surface area contributed by atoms with E-state index in [1.807, 2.05) is 0 Å².